The molecule has 4 aromatic rings. The number of aromatic nitrogens is 4. The quantitative estimate of drug-likeness (QED) is 0.490. The Morgan fingerprint density at radius 3 is 1.35 bits per heavy atom. The molecule has 6 nitrogen and oxygen atoms in total. The number of hydrogen-bond donors (Lipinski definition) is 0. The minimum absolute atomic E-state index is 0.498. The van der Waals surface area contributed by atoms with Crippen molar-refractivity contribution in [1.82, 2.24) is 19.9 Å². The Hall–Kier alpha value is -3.80. The fourth-order valence-corrected chi connectivity index (χ4v) is 2.37. The molecule has 0 atom stereocenters. The van der Waals surface area contributed by atoms with Crippen LogP contribution >= 0.6 is 0 Å². The summed E-state index contributed by atoms with van der Waals surface area (Å²) in [7, 11) is 0. The largest absolute Gasteiger partial charge is 0.255 e. The van der Waals surface area contributed by atoms with Gasteiger partial charge in [0.25, 0.3) is 0 Å². The lowest BCUT2D eigenvalue weighted by atomic mass is 10.2. The summed E-state index contributed by atoms with van der Waals surface area (Å²) in [6, 6.07) is 22.5. The van der Waals surface area contributed by atoms with E-state index >= 15 is 0 Å². The normalized spacial score (nSPS) is 10.9. The number of rotatable bonds is 4. The molecule has 0 amide bonds. The SMILES string of the molecule is c1ccc(-c2cccc(/N=N\c3cccc(-c4ccccn4)n3)n2)nc1. The second-order valence-electron chi connectivity index (χ2n) is 5.39. The molecule has 4 heterocycles. The van der Waals surface area contributed by atoms with Crippen LogP contribution in [0.15, 0.2) is 95.4 Å². The van der Waals surface area contributed by atoms with Gasteiger partial charge in [-0.3, -0.25) is 9.97 Å². The minimum Gasteiger partial charge on any atom is -0.255 e. The van der Waals surface area contributed by atoms with Gasteiger partial charge in [0.05, 0.1) is 22.8 Å². The zero-order chi connectivity index (χ0) is 17.6. The molecule has 0 spiro atoms. The summed E-state index contributed by atoms with van der Waals surface area (Å²) in [6.45, 7) is 0. The lowest BCUT2D eigenvalue weighted by Gasteiger charge is -2.01. The molecule has 0 aliphatic heterocycles. The second kappa shape index (κ2) is 7.40. The average molecular weight is 338 g/mol. The van der Waals surface area contributed by atoms with E-state index in [1.165, 1.54) is 0 Å². The van der Waals surface area contributed by atoms with Crippen molar-refractivity contribution >= 4 is 11.6 Å². The lowest BCUT2D eigenvalue weighted by Crippen LogP contribution is -1.86. The Balaban J connectivity index is 1.59. The van der Waals surface area contributed by atoms with Crippen LogP contribution in [-0.2, 0) is 0 Å². The zero-order valence-corrected chi connectivity index (χ0v) is 13.8. The van der Waals surface area contributed by atoms with Crippen LogP contribution in [0.1, 0.15) is 0 Å². The van der Waals surface area contributed by atoms with Gasteiger partial charge in [-0.25, -0.2) is 9.97 Å². The van der Waals surface area contributed by atoms with Gasteiger partial charge in [-0.2, -0.15) is 0 Å². The maximum Gasteiger partial charge on any atom is 0.175 e. The Bertz CT molecular complexity index is 947. The zero-order valence-electron chi connectivity index (χ0n) is 13.8. The standard InChI is InChI=1S/C20H14N6/c1-3-13-21-15(7-1)17-9-5-11-19(23-17)25-26-20-12-6-10-18(24-20)16-8-2-4-14-22-16/h1-14H/b26-25-. The van der Waals surface area contributed by atoms with Gasteiger partial charge in [0.15, 0.2) is 11.6 Å². The molecule has 4 rings (SSSR count). The molecule has 0 unspecified atom stereocenters. The first-order chi connectivity index (χ1) is 12.9. The summed E-state index contributed by atoms with van der Waals surface area (Å²) in [5.41, 5.74) is 3.08. The monoisotopic (exact) mass is 338 g/mol. The van der Waals surface area contributed by atoms with E-state index in [2.05, 4.69) is 30.2 Å². The average Bonchev–Trinajstić information content (AvgIpc) is 2.74. The molecule has 0 aromatic carbocycles. The number of nitrogens with zero attached hydrogens (tertiary/aromatic N) is 6. The van der Waals surface area contributed by atoms with Crippen LogP contribution in [-0.4, -0.2) is 19.9 Å². The van der Waals surface area contributed by atoms with Gasteiger partial charge in [0, 0.05) is 12.4 Å². The topological polar surface area (TPSA) is 76.3 Å². The summed E-state index contributed by atoms with van der Waals surface area (Å²) in [4.78, 5) is 17.6. The van der Waals surface area contributed by atoms with E-state index in [0.717, 1.165) is 22.8 Å². The molecule has 0 N–H and O–H groups in total. The van der Waals surface area contributed by atoms with E-state index in [1.807, 2.05) is 60.7 Å². The molecular formula is C20H14N6. The summed E-state index contributed by atoms with van der Waals surface area (Å²) >= 11 is 0. The van der Waals surface area contributed by atoms with Crippen molar-refractivity contribution in [3.05, 3.63) is 85.2 Å². The smallest absolute Gasteiger partial charge is 0.175 e. The van der Waals surface area contributed by atoms with Crippen LogP contribution in [0.4, 0.5) is 11.6 Å². The van der Waals surface area contributed by atoms with Gasteiger partial charge in [-0.05, 0) is 48.5 Å². The Morgan fingerprint density at radius 2 is 0.923 bits per heavy atom. The van der Waals surface area contributed by atoms with Crippen LogP contribution in [0.5, 0.6) is 0 Å². The molecule has 0 bridgehead atoms. The number of hydrogen-bond acceptors (Lipinski definition) is 6. The number of azo groups is 1. The fraction of sp³-hybridized carbons (Fsp3) is 0. The van der Waals surface area contributed by atoms with Crippen molar-refractivity contribution in [2.75, 3.05) is 0 Å². The number of pyridine rings is 4. The van der Waals surface area contributed by atoms with Crippen LogP contribution in [0.3, 0.4) is 0 Å². The summed E-state index contributed by atoms with van der Waals surface area (Å²) in [5.74, 6) is 0.997. The van der Waals surface area contributed by atoms with Crippen molar-refractivity contribution in [1.29, 1.82) is 0 Å². The Morgan fingerprint density at radius 1 is 0.462 bits per heavy atom. The van der Waals surface area contributed by atoms with E-state index in [-0.39, 0.29) is 0 Å². The molecule has 0 saturated heterocycles. The van der Waals surface area contributed by atoms with E-state index in [0.29, 0.717) is 11.6 Å². The molecule has 0 fully saturated rings. The molecule has 0 aliphatic carbocycles. The van der Waals surface area contributed by atoms with Crippen LogP contribution < -0.4 is 0 Å². The van der Waals surface area contributed by atoms with Crippen LogP contribution in [0.2, 0.25) is 0 Å². The summed E-state index contributed by atoms with van der Waals surface area (Å²) < 4.78 is 0. The van der Waals surface area contributed by atoms with Crippen LogP contribution in [0.25, 0.3) is 22.8 Å². The van der Waals surface area contributed by atoms with E-state index < -0.39 is 0 Å². The minimum atomic E-state index is 0.498. The van der Waals surface area contributed by atoms with Crippen molar-refractivity contribution in [2.45, 2.75) is 0 Å². The first kappa shape index (κ1) is 15.7. The highest BCUT2D eigenvalue weighted by molar-refractivity contribution is 5.56. The second-order valence-corrected chi connectivity index (χ2v) is 5.39. The molecular weight excluding hydrogens is 324 g/mol. The van der Waals surface area contributed by atoms with E-state index in [4.69, 9.17) is 0 Å². The third kappa shape index (κ3) is 3.64. The van der Waals surface area contributed by atoms with Gasteiger partial charge in [-0.1, -0.05) is 24.3 Å². The Labute approximate surface area is 150 Å². The molecule has 0 radical (unpaired) electrons. The van der Waals surface area contributed by atoms with Crippen molar-refractivity contribution < 1.29 is 0 Å². The molecule has 0 saturated carbocycles. The maximum atomic E-state index is 4.48. The van der Waals surface area contributed by atoms with Crippen LogP contribution in [0, 0.1) is 0 Å². The van der Waals surface area contributed by atoms with E-state index in [9.17, 15) is 0 Å². The van der Waals surface area contributed by atoms with Gasteiger partial charge >= 0.3 is 0 Å². The first-order valence-corrected chi connectivity index (χ1v) is 8.07. The van der Waals surface area contributed by atoms with Gasteiger partial charge in [-0.15, -0.1) is 10.2 Å². The maximum absolute atomic E-state index is 4.48. The molecule has 4 aromatic heterocycles. The molecule has 124 valence electrons. The third-order valence-corrected chi connectivity index (χ3v) is 3.58. The van der Waals surface area contributed by atoms with Crippen molar-refractivity contribution in [3.63, 3.8) is 0 Å². The van der Waals surface area contributed by atoms with Gasteiger partial charge in [0.1, 0.15) is 0 Å². The first-order valence-electron chi connectivity index (χ1n) is 8.07. The van der Waals surface area contributed by atoms with Crippen molar-refractivity contribution in [2.24, 2.45) is 10.2 Å². The molecule has 0 aliphatic rings. The highest BCUT2D eigenvalue weighted by atomic mass is 15.2. The fourth-order valence-electron chi connectivity index (χ4n) is 2.37. The summed E-state index contributed by atoms with van der Waals surface area (Å²) in [5, 5.41) is 8.40. The van der Waals surface area contributed by atoms with E-state index in [1.54, 1.807) is 24.5 Å². The van der Waals surface area contributed by atoms with Gasteiger partial charge in [0.2, 0.25) is 0 Å². The highest BCUT2D eigenvalue weighted by Crippen LogP contribution is 2.21. The van der Waals surface area contributed by atoms with Gasteiger partial charge < -0.3 is 0 Å². The molecule has 6 heteroatoms. The predicted molar refractivity (Wildman–Crippen MR) is 99.1 cm³/mol. The molecule has 26 heavy (non-hydrogen) atoms. The summed E-state index contributed by atoms with van der Waals surface area (Å²) in [6.07, 6.45) is 3.47. The third-order valence-electron chi connectivity index (χ3n) is 3.58. The Kier molecular flexibility index (Phi) is 4.47. The lowest BCUT2D eigenvalue weighted by molar-refractivity contribution is 1.11. The predicted octanol–water partition coefficient (Wildman–Crippen LogP) is 5.02. The van der Waals surface area contributed by atoms with Crippen molar-refractivity contribution in [3.8, 4) is 22.8 Å². The highest BCUT2D eigenvalue weighted by Gasteiger charge is 2.03.